The molecule has 0 bridgehead atoms. The lowest BCUT2D eigenvalue weighted by atomic mass is 10.1. The fourth-order valence-electron chi connectivity index (χ4n) is 4.52. The highest BCUT2D eigenvalue weighted by atomic mass is 32.2. The normalized spacial score (nSPS) is 16.1. The molecule has 1 saturated carbocycles. The highest BCUT2D eigenvalue weighted by molar-refractivity contribution is 8.00. The molecule has 1 N–H and O–H groups in total. The van der Waals surface area contributed by atoms with E-state index in [0.29, 0.717) is 24.2 Å². The summed E-state index contributed by atoms with van der Waals surface area (Å²) in [5.41, 5.74) is -3.63. The van der Waals surface area contributed by atoms with E-state index >= 15 is 0 Å². The Kier molecular flexibility index (Phi) is 6.98. The monoisotopic (exact) mass is 556 g/mol. The van der Waals surface area contributed by atoms with Gasteiger partial charge in [0, 0.05) is 30.4 Å². The summed E-state index contributed by atoms with van der Waals surface area (Å²) < 4.78 is 43.2. The number of nitrogens with one attached hydrogen (secondary N) is 1. The van der Waals surface area contributed by atoms with E-state index in [2.05, 4.69) is 10.3 Å². The van der Waals surface area contributed by atoms with Crippen LogP contribution in [0.15, 0.2) is 71.9 Å². The number of ether oxygens (including phenoxy) is 1. The lowest BCUT2D eigenvalue weighted by Gasteiger charge is -2.22. The van der Waals surface area contributed by atoms with Gasteiger partial charge in [0.2, 0.25) is 0 Å². The Hall–Kier alpha value is -4.06. The van der Waals surface area contributed by atoms with Crippen molar-refractivity contribution in [2.24, 2.45) is 0 Å². The van der Waals surface area contributed by atoms with Crippen molar-refractivity contribution in [3.63, 3.8) is 0 Å². The summed E-state index contributed by atoms with van der Waals surface area (Å²) in [7, 11) is 1.57. The van der Waals surface area contributed by atoms with Crippen molar-refractivity contribution in [2.45, 2.75) is 41.9 Å². The van der Waals surface area contributed by atoms with Crippen LogP contribution in [0.3, 0.4) is 0 Å². The average molecular weight is 557 g/mol. The smallest absolute Gasteiger partial charge is 0.446 e. The first kappa shape index (κ1) is 26.5. The van der Waals surface area contributed by atoms with Crippen molar-refractivity contribution in [3.8, 4) is 5.75 Å². The van der Waals surface area contributed by atoms with E-state index < -0.39 is 23.0 Å². The van der Waals surface area contributed by atoms with E-state index in [9.17, 15) is 27.6 Å². The van der Waals surface area contributed by atoms with Crippen molar-refractivity contribution in [1.29, 1.82) is 0 Å². The van der Waals surface area contributed by atoms with Crippen molar-refractivity contribution in [1.82, 2.24) is 15.2 Å². The Morgan fingerprint density at radius 3 is 2.38 bits per heavy atom. The van der Waals surface area contributed by atoms with Crippen molar-refractivity contribution < 1.29 is 32.3 Å². The van der Waals surface area contributed by atoms with E-state index in [1.54, 1.807) is 25.3 Å². The maximum Gasteiger partial charge on any atom is 0.446 e. The van der Waals surface area contributed by atoms with Gasteiger partial charge in [0.1, 0.15) is 11.3 Å². The molecule has 2 aromatic carbocycles. The van der Waals surface area contributed by atoms with Crippen molar-refractivity contribution >= 4 is 35.3 Å². The Morgan fingerprint density at radius 2 is 1.77 bits per heavy atom. The van der Waals surface area contributed by atoms with Crippen LogP contribution in [0, 0.1) is 0 Å². The number of pyridine rings is 1. The van der Waals surface area contributed by atoms with Crippen LogP contribution in [0.5, 0.6) is 5.75 Å². The third-order valence-electron chi connectivity index (χ3n) is 6.69. The molecule has 8 nitrogen and oxygen atoms in total. The van der Waals surface area contributed by atoms with Gasteiger partial charge in [-0.1, -0.05) is 12.1 Å². The highest BCUT2D eigenvalue weighted by Crippen LogP contribution is 2.50. The van der Waals surface area contributed by atoms with Crippen LogP contribution in [0.2, 0.25) is 0 Å². The molecule has 1 saturated heterocycles. The van der Waals surface area contributed by atoms with Gasteiger partial charge < -0.3 is 15.0 Å². The molecule has 2 fully saturated rings. The molecule has 4 amide bonds. The summed E-state index contributed by atoms with van der Waals surface area (Å²) in [6.45, 7) is 0.259. The molecular weight excluding hydrogens is 533 g/mol. The molecule has 2 aliphatic rings. The van der Waals surface area contributed by atoms with Gasteiger partial charge in [-0.3, -0.25) is 14.6 Å². The third-order valence-corrected chi connectivity index (χ3v) is 7.43. The minimum atomic E-state index is -4.45. The number of aromatic nitrogens is 1. The molecule has 2 heterocycles. The molecule has 5 rings (SSSR count). The minimum absolute atomic E-state index is 0.00308. The van der Waals surface area contributed by atoms with E-state index in [-0.39, 0.29) is 46.9 Å². The number of urea groups is 1. The van der Waals surface area contributed by atoms with Gasteiger partial charge in [0.15, 0.2) is 0 Å². The van der Waals surface area contributed by atoms with Gasteiger partial charge in [-0.05, 0) is 78.2 Å². The number of halogens is 3. The number of nitrogens with zero attached hydrogens (tertiary/aromatic N) is 3. The van der Waals surface area contributed by atoms with E-state index in [1.807, 2.05) is 12.1 Å². The second-order valence-electron chi connectivity index (χ2n) is 9.15. The van der Waals surface area contributed by atoms with Crippen LogP contribution < -0.4 is 15.0 Å². The van der Waals surface area contributed by atoms with Crippen LogP contribution in [-0.2, 0) is 17.9 Å². The van der Waals surface area contributed by atoms with Gasteiger partial charge in [0.05, 0.1) is 18.4 Å². The van der Waals surface area contributed by atoms with Crippen LogP contribution >= 0.6 is 11.8 Å². The number of rotatable bonds is 8. The Morgan fingerprint density at radius 1 is 1.08 bits per heavy atom. The molecule has 39 heavy (non-hydrogen) atoms. The molecule has 1 spiro atoms. The minimum Gasteiger partial charge on any atom is -0.497 e. The number of hydrogen-bond donors (Lipinski definition) is 1. The van der Waals surface area contributed by atoms with Crippen LogP contribution in [0.4, 0.5) is 23.7 Å². The van der Waals surface area contributed by atoms with Gasteiger partial charge in [-0.2, -0.15) is 13.2 Å². The number of carbonyl (C=O) groups excluding carboxylic acids is 3. The maximum atomic E-state index is 13.5. The Bertz CT molecular complexity index is 1410. The first-order chi connectivity index (χ1) is 18.6. The molecular formula is C27H23F3N4O4S. The zero-order valence-electron chi connectivity index (χ0n) is 20.7. The number of amides is 4. The van der Waals surface area contributed by atoms with E-state index in [1.165, 1.54) is 41.6 Å². The standard InChI is InChI=1S/C27H23F3N4O4S/c1-38-20-6-2-17(3-7-20)14-32-23(35)22-15-31-13-10-18(22)16-33-25(37)34(24(36)26(33)11-12-26)19-4-8-21(9-5-19)39-27(28,29)30/h2-10,13,15H,11-12,14,16H2,1H3,(H,32,35). The fourth-order valence-corrected chi connectivity index (χ4v) is 5.06. The summed E-state index contributed by atoms with van der Waals surface area (Å²) in [5, 5.41) is 2.85. The van der Waals surface area contributed by atoms with Crippen molar-refractivity contribution in [2.75, 3.05) is 12.0 Å². The largest absolute Gasteiger partial charge is 0.497 e. The van der Waals surface area contributed by atoms with Crippen LogP contribution in [0.1, 0.15) is 34.3 Å². The SMILES string of the molecule is COc1ccc(CNC(=O)c2cnccc2CN2C(=O)N(c3ccc(SC(F)(F)F)cc3)C(=O)C23CC3)cc1. The second-order valence-corrected chi connectivity index (χ2v) is 10.3. The summed E-state index contributed by atoms with van der Waals surface area (Å²) in [6, 6.07) is 13.4. The summed E-state index contributed by atoms with van der Waals surface area (Å²) in [4.78, 5) is 46.3. The third kappa shape index (κ3) is 5.42. The van der Waals surface area contributed by atoms with Crippen LogP contribution in [-0.4, -0.2) is 45.9 Å². The molecule has 1 aliphatic carbocycles. The van der Waals surface area contributed by atoms with E-state index in [4.69, 9.17) is 4.74 Å². The number of imide groups is 1. The zero-order valence-corrected chi connectivity index (χ0v) is 21.5. The molecule has 0 atom stereocenters. The van der Waals surface area contributed by atoms with E-state index in [0.717, 1.165) is 10.5 Å². The number of benzene rings is 2. The highest BCUT2D eigenvalue weighted by Gasteiger charge is 2.65. The Balaban J connectivity index is 1.32. The molecule has 1 aromatic heterocycles. The fraction of sp³-hybridized carbons (Fsp3) is 0.259. The molecule has 12 heteroatoms. The number of alkyl halides is 3. The summed E-state index contributed by atoms with van der Waals surface area (Å²) in [6.07, 6.45) is 3.84. The lowest BCUT2D eigenvalue weighted by Crippen LogP contribution is -2.37. The van der Waals surface area contributed by atoms with Gasteiger partial charge in [-0.25, -0.2) is 9.69 Å². The number of hydrogen-bond acceptors (Lipinski definition) is 6. The quantitative estimate of drug-likeness (QED) is 0.306. The lowest BCUT2D eigenvalue weighted by molar-refractivity contribution is -0.120. The van der Waals surface area contributed by atoms with Crippen LogP contribution in [0.25, 0.3) is 0 Å². The van der Waals surface area contributed by atoms with Gasteiger partial charge in [0.25, 0.3) is 11.8 Å². The van der Waals surface area contributed by atoms with Gasteiger partial charge in [-0.15, -0.1) is 0 Å². The Labute approximate surface area is 226 Å². The topological polar surface area (TPSA) is 91.8 Å². The number of methoxy groups -OCH3 is 1. The average Bonchev–Trinajstić information content (AvgIpc) is 3.69. The predicted molar refractivity (Wildman–Crippen MR) is 137 cm³/mol. The van der Waals surface area contributed by atoms with Crippen molar-refractivity contribution in [3.05, 3.63) is 83.7 Å². The first-order valence-electron chi connectivity index (χ1n) is 12.0. The maximum absolute atomic E-state index is 13.5. The molecule has 202 valence electrons. The molecule has 3 aromatic rings. The molecule has 0 radical (unpaired) electrons. The summed E-state index contributed by atoms with van der Waals surface area (Å²) in [5.74, 6) is -0.113. The predicted octanol–water partition coefficient (Wildman–Crippen LogP) is 5.13. The number of carbonyl (C=O) groups is 3. The van der Waals surface area contributed by atoms with Gasteiger partial charge >= 0.3 is 11.5 Å². The zero-order chi connectivity index (χ0) is 27.8. The number of thioether (sulfide) groups is 1. The number of anilines is 1. The molecule has 1 aliphatic heterocycles. The second kappa shape index (κ2) is 10.3. The molecule has 0 unspecified atom stereocenters. The summed E-state index contributed by atoms with van der Waals surface area (Å²) >= 11 is -0.272. The first-order valence-corrected chi connectivity index (χ1v) is 12.8.